The minimum atomic E-state index is -0.525. The molecule has 0 spiro atoms. The monoisotopic (exact) mass is 449 g/mol. The fourth-order valence-corrected chi connectivity index (χ4v) is 2.60. The molecule has 2 aromatic rings. The molecule has 0 saturated carbocycles. The van der Waals surface area contributed by atoms with Crippen molar-refractivity contribution in [1.82, 2.24) is 5.43 Å². The quantitative estimate of drug-likeness (QED) is 0.274. The highest BCUT2D eigenvalue weighted by molar-refractivity contribution is 9.10. The second-order valence-corrected chi connectivity index (χ2v) is 6.61. The van der Waals surface area contributed by atoms with Gasteiger partial charge in [-0.1, -0.05) is 24.3 Å². The summed E-state index contributed by atoms with van der Waals surface area (Å²) in [6.45, 7) is 3.99. The first-order valence-electron chi connectivity index (χ1n) is 7.88. The molecule has 0 fully saturated rings. The number of hydrogen-bond donors (Lipinski definition) is 2. The first-order chi connectivity index (χ1) is 13.0. The molecule has 2 aromatic carbocycles. The van der Waals surface area contributed by atoms with Crippen LogP contribution in [-0.4, -0.2) is 24.6 Å². The van der Waals surface area contributed by atoms with Crippen LogP contribution in [0, 0.1) is 0 Å². The Balaban J connectivity index is 1.82. The van der Waals surface area contributed by atoms with Crippen LogP contribution in [0.1, 0.15) is 12.0 Å². The molecule has 27 heavy (non-hydrogen) atoms. The number of hydrogen-bond acceptors (Lipinski definition) is 4. The minimum Gasteiger partial charge on any atom is -0.488 e. The number of amides is 2. The Hall–Kier alpha value is -2.64. The number of ether oxygens (including phenoxy) is 1. The maximum Gasteiger partial charge on any atom is 0.249 e. The Morgan fingerprint density at radius 2 is 1.93 bits per heavy atom. The highest BCUT2D eigenvalue weighted by Crippen LogP contribution is 2.25. The van der Waals surface area contributed by atoms with Gasteiger partial charge in [-0.05, 0) is 64.0 Å². The second-order valence-electron chi connectivity index (χ2n) is 5.31. The van der Waals surface area contributed by atoms with Crippen molar-refractivity contribution in [3.8, 4) is 5.75 Å². The third-order valence-electron chi connectivity index (χ3n) is 3.16. The van der Waals surface area contributed by atoms with Gasteiger partial charge in [-0.2, -0.15) is 5.10 Å². The molecule has 0 heterocycles. The van der Waals surface area contributed by atoms with Crippen molar-refractivity contribution in [3.05, 3.63) is 70.2 Å². The number of carbonyl (C=O) groups is 2. The van der Waals surface area contributed by atoms with E-state index in [0.29, 0.717) is 23.1 Å². The molecule has 0 atom stereocenters. The summed E-state index contributed by atoms with van der Waals surface area (Å²) in [4.78, 5) is 23.6. The van der Waals surface area contributed by atoms with Crippen molar-refractivity contribution >= 4 is 51.2 Å². The molecule has 2 rings (SSSR count). The average molecular weight is 451 g/mol. The number of benzene rings is 2. The zero-order chi connectivity index (χ0) is 19.6. The van der Waals surface area contributed by atoms with Crippen molar-refractivity contribution < 1.29 is 14.3 Å². The van der Waals surface area contributed by atoms with Gasteiger partial charge in [0.25, 0.3) is 0 Å². The van der Waals surface area contributed by atoms with Gasteiger partial charge in [0, 0.05) is 10.7 Å². The van der Waals surface area contributed by atoms with Gasteiger partial charge in [-0.25, -0.2) is 5.43 Å². The van der Waals surface area contributed by atoms with E-state index in [1.54, 1.807) is 48.5 Å². The van der Waals surface area contributed by atoms with Crippen LogP contribution in [0.4, 0.5) is 5.69 Å². The van der Waals surface area contributed by atoms with Gasteiger partial charge < -0.3 is 10.1 Å². The van der Waals surface area contributed by atoms with Gasteiger partial charge in [0.05, 0.1) is 10.7 Å². The Morgan fingerprint density at radius 3 is 2.59 bits per heavy atom. The number of carbonyl (C=O) groups excluding carboxylic acids is 2. The summed E-state index contributed by atoms with van der Waals surface area (Å²) in [5, 5.41) is 7.01. The lowest BCUT2D eigenvalue weighted by Gasteiger charge is -2.06. The fourth-order valence-electron chi connectivity index (χ4n) is 1.97. The molecule has 8 heteroatoms. The summed E-state index contributed by atoms with van der Waals surface area (Å²) >= 11 is 9.17. The molecule has 0 saturated heterocycles. The zero-order valence-electron chi connectivity index (χ0n) is 14.2. The van der Waals surface area contributed by atoms with Crippen LogP contribution < -0.4 is 15.5 Å². The molecule has 0 radical (unpaired) electrons. The van der Waals surface area contributed by atoms with E-state index in [0.717, 1.165) is 10.0 Å². The van der Waals surface area contributed by atoms with Crippen LogP contribution >= 0.6 is 27.5 Å². The Kier molecular flexibility index (Phi) is 8.03. The standard InChI is InChI=1S/C19H17BrClN3O3/c1-2-9-27-17-8-3-13(10-16(17)20)12-22-24-19(26)11-18(25)23-15-6-4-14(21)5-7-15/h2-8,10,12H,1,9,11H2,(H,23,25)(H,24,26). The van der Waals surface area contributed by atoms with Crippen molar-refractivity contribution in [2.45, 2.75) is 6.42 Å². The summed E-state index contributed by atoms with van der Waals surface area (Å²) in [6, 6.07) is 11.9. The third-order valence-corrected chi connectivity index (χ3v) is 4.04. The first-order valence-corrected chi connectivity index (χ1v) is 9.05. The maximum atomic E-state index is 11.8. The minimum absolute atomic E-state index is 0.349. The fraction of sp³-hybridized carbons (Fsp3) is 0.105. The van der Waals surface area contributed by atoms with E-state index in [4.69, 9.17) is 16.3 Å². The van der Waals surface area contributed by atoms with Crippen LogP contribution in [0.3, 0.4) is 0 Å². The molecule has 0 aromatic heterocycles. The van der Waals surface area contributed by atoms with Crippen LogP contribution in [0.15, 0.2) is 64.7 Å². The smallest absolute Gasteiger partial charge is 0.249 e. The van der Waals surface area contributed by atoms with Crippen molar-refractivity contribution in [1.29, 1.82) is 0 Å². The zero-order valence-corrected chi connectivity index (χ0v) is 16.6. The lowest BCUT2D eigenvalue weighted by atomic mass is 10.2. The number of nitrogens with zero attached hydrogens (tertiary/aromatic N) is 1. The molecule has 0 aliphatic heterocycles. The number of hydrazone groups is 1. The summed E-state index contributed by atoms with van der Waals surface area (Å²) in [7, 11) is 0. The number of nitrogens with one attached hydrogen (secondary N) is 2. The van der Waals surface area contributed by atoms with E-state index >= 15 is 0 Å². The van der Waals surface area contributed by atoms with Crippen molar-refractivity contribution in [3.63, 3.8) is 0 Å². The molecule has 2 N–H and O–H groups in total. The highest BCUT2D eigenvalue weighted by Gasteiger charge is 2.09. The number of anilines is 1. The predicted molar refractivity (Wildman–Crippen MR) is 110 cm³/mol. The average Bonchev–Trinajstić information content (AvgIpc) is 2.63. The first kappa shape index (κ1) is 20.7. The lowest BCUT2D eigenvalue weighted by molar-refractivity contribution is -0.126. The van der Waals surface area contributed by atoms with Crippen LogP contribution in [0.5, 0.6) is 5.75 Å². The van der Waals surface area contributed by atoms with E-state index < -0.39 is 11.8 Å². The molecule has 140 valence electrons. The van der Waals surface area contributed by atoms with Gasteiger partial charge >= 0.3 is 0 Å². The van der Waals surface area contributed by atoms with E-state index in [1.165, 1.54) is 6.21 Å². The normalized spacial score (nSPS) is 10.4. The van der Waals surface area contributed by atoms with Crippen molar-refractivity contribution in [2.75, 3.05) is 11.9 Å². The lowest BCUT2D eigenvalue weighted by Crippen LogP contribution is -2.24. The number of halogens is 2. The van der Waals surface area contributed by atoms with E-state index in [1.807, 2.05) is 0 Å². The maximum absolute atomic E-state index is 11.8. The Bertz CT molecular complexity index is 854. The largest absolute Gasteiger partial charge is 0.488 e. The van der Waals surface area contributed by atoms with Crippen LogP contribution in [0.2, 0.25) is 5.02 Å². The SMILES string of the molecule is C=CCOc1ccc(C=NNC(=O)CC(=O)Nc2ccc(Cl)cc2)cc1Br. The molecule has 0 aliphatic carbocycles. The molecule has 0 unspecified atom stereocenters. The van der Waals surface area contributed by atoms with E-state index in [9.17, 15) is 9.59 Å². The van der Waals surface area contributed by atoms with Gasteiger partial charge in [-0.15, -0.1) is 0 Å². The molecular weight excluding hydrogens is 434 g/mol. The van der Waals surface area contributed by atoms with E-state index in [2.05, 4.69) is 38.4 Å². The molecule has 0 bridgehead atoms. The second kappa shape index (κ2) is 10.5. The summed E-state index contributed by atoms with van der Waals surface area (Å²) in [5.41, 5.74) is 3.62. The molecular formula is C19H17BrClN3O3. The van der Waals surface area contributed by atoms with Crippen LogP contribution in [-0.2, 0) is 9.59 Å². The van der Waals surface area contributed by atoms with Crippen molar-refractivity contribution in [2.24, 2.45) is 5.10 Å². The molecule has 2 amide bonds. The topological polar surface area (TPSA) is 79.8 Å². The summed E-state index contributed by atoms with van der Waals surface area (Å²) in [6.07, 6.45) is 2.77. The summed E-state index contributed by atoms with van der Waals surface area (Å²) < 4.78 is 6.20. The summed E-state index contributed by atoms with van der Waals surface area (Å²) in [5.74, 6) is -0.297. The van der Waals surface area contributed by atoms with Crippen LogP contribution in [0.25, 0.3) is 0 Å². The van der Waals surface area contributed by atoms with Gasteiger partial charge in [0.1, 0.15) is 18.8 Å². The number of rotatable bonds is 8. The Morgan fingerprint density at radius 1 is 1.19 bits per heavy atom. The van der Waals surface area contributed by atoms with Gasteiger partial charge in [-0.3, -0.25) is 9.59 Å². The van der Waals surface area contributed by atoms with Gasteiger partial charge in [0.15, 0.2) is 0 Å². The molecule has 6 nitrogen and oxygen atoms in total. The van der Waals surface area contributed by atoms with Gasteiger partial charge in [0.2, 0.25) is 11.8 Å². The highest BCUT2D eigenvalue weighted by atomic mass is 79.9. The Labute approximate surface area is 170 Å². The molecule has 0 aliphatic rings. The third kappa shape index (κ3) is 7.24. The predicted octanol–water partition coefficient (Wildman–Crippen LogP) is 4.15. The van der Waals surface area contributed by atoms with E-state index in [-0.39, 0.29) is 6.42 Å².